The average Bonchev–Trinajstić information content (AvgIpc) is 2.32. The van der Waals surface area contributed by atoms with Gasteiger partial charge in [-0.05, 0) is 30.3 Å². The van der Waals surface area contributed by atoms with Crippen molar-refractivity contribution in [3.63, 3.8) is 0 Å². The van der Waals surface area contributed by atoms with Crippen LogP contribution in [0.25, 0.3) is 0 Å². The predicted octanol–water partition coefficient (Wildman–Crippen LogP) is 3.22. The fourth-order valence-corrected chi connectivity index (χ4v) is 1.83. The summed E-state index contributed by atoms with van der Waals surface area (Å²) >= 11 is 11.8. The molecule has 2 rings (SSSR count). The van der Waals surface area contributed by atoms with Crippen LogP contribution >= 0.6 is 23.2 Å². The summed E-state index contributed by atoms with van der Waals surface area (Å²) in [4.78, 5) is 15.8. The van der Waals surface area contributed by atoms with Crippen LogP contribution in [-0.4, -0.2) is 10.9 Å². The summed E-state index contributed by atoms with van der Waals surface area (Å²) < 4.78 is 0. The number of carbonyl (C=O) groups is 1. The first-order valence-electron chi connectivity index (χ1n) is 5.05. The number of anilines is 2. The van der Waals surface area contributed by atoms with E-state index in [1.807, 2.05) is 0 Å². The molecule has 0 radical (unpaired) electrons. The fraction of sp³-hybridized carbons (Fsp3) is 0. The molecule has 2 aromatic rings. The van der Waals surface area contributed by atoms with Crippen LogP contribution in [0.1, 0.15) is 10.4 Å². The first-order valence-corrected chi connectivity index (χ1v) is 5.80. The quantitative estimate of drug-likeness (QED) is 0.656. The summed E-state index contributed by atoms with van der Waals surface area (Å²) in [6.45, 7) is 0. The minimum atomic E-state index is -0.366. The SMILES string of the molecule is Nc1ccc(C(=O)Nc2cccnc2Cl)c(Cl)c1. The van der Waals surface area contributed by atoms with Crippen molar-refractivity contribution in [1.29, 1.82) is 0 Å². The van der Waals surface area contributed by atoms with Crippen LogP contribution in [0.4, 0.5) is 11.4 Å². The minimum absolute atomic E-state index is 0.220. The Morgan fingerprint density at radius 1 is 1.28 bits per heavy atom. The van der Waals surface area contributed by atoms with Crippen LogP contribution in [0.3, 0.4) is 0 Å². The maximum Gasteiger partial charge on any atom is 0.257 e. The Bertz CT molecular complexity index is 602. The number of nitrogen functional groups attached to an aromatic ring is 1. The van der Waals surface area contributed by atoms with Gasteiger partial charge in [-0.1, -0.05) is 23.2 Å². The molecule has 1 aromatic carbocycles. The number of carbonyl (C=O) groups excluding carboxylic acids is 1. The van der Waals surface area contributed by atoms with Crippen LogP contribution in [-0.2, 0) is 0 Å². The van der Waals surface area contributed by atoms with Gasteiger partial charge in [0.25, 0.3) is 5.91 Å². The molecule has 0 bridgehead atoms. The van der Waals surface area contributed by atoms with Gasteiger partial charge in [0.2, 0.25) is 0 Å². The van der Waals surface area contributed by atoms with E-state index in [9.17, 15) is 4.79 Å². The number of benzene rings is 1. The highest BCUT2D eigenvalue weighted by Gasteiger charge is 2.12. The summed E-state index contributed by atoms with van der Waals surface area (Å²) in [5.74, 6) is -0.366. The molecule has 0 atom stereocenters. The van der Waals surface area contributed by atoms with Crippen LogP contribution in [0.15, 0.2) is 36.5 Å². The van der Waals surface area contributed by atoms with Crippen molar-refractivity contribution in [2.45, 2.75) is 0 Å². The maximum absolute atomic E-state index is 12.0. The lowest BCUT2D eigenvalue weighted by Gasteiger charge is -2.08. The third-order valence-corrected chi connectivity index (χ3v) is 2.86. The molecule has 0 fully saturated rings. The Morgan fingerprint density at radius 3 is 2.72 bits per heavy atom. The van der Waals surface area contributed by atoms with E-state index in [1.165, 1.54) is 12.3 Å². The molecule has 1 amide bonds. The number of halogens is 2. The lowest BCUT2D eigenvalue weighted by Crippen LogP contribution is -2.13. The lowest BCUT2D eigenvalue weighted by atomic mass is 10.2. The summed E-state index contributed by atoms with van der Waals surface area (Å²) in [6, 6.07) is 7.99. The average molecular weight is 282 g/mol. The molecule has 6 heteroatoms. The Hall–Kier alpha value is -1.78. The van der Waals surface area contributed by atoms with Gasteiger partial charge in [-0.15, -0.1) is 0 Å². The van der Waals surface area contributed by atoms with Gasteiger partial charge in [-0.25, -0.2) is 4.98 Å². The number of amides is 1. The van der Waals surface area contributed by atoms with Crippen molar-refractivity contribution in [2.75, 3.05) is 11.1 Å². The number of pyridine rings is 1. The Balaban J connectivity index is 2.25. The number of hydrogen-bond donors (Lipinski definition) is 2. The van der Waals surface area contributed by atoms with Crippen molar-refractivity contribution in [3.05, 3.63) is 52.3 Å². The molecule has 0 saturated heterocycles. The Morgan fingerprint density at radius 2 is 2.06 bits per heavy atom. The summed E-state index contributed by atoms with van der Waals surface area (Å²) in [5, 5.41) is 3.13. The fourth-order valence-electron chi connectivity index (χ4n) is 1.38. The second-order valence-electron chi connectivity index (χ2n) is 3.54. The van der Waals surface area contributed by atoms with E-state index in [1.54, 1.807) is 24.3 Å². The number of nitrogens with one attached hydrogen (secondary N) is 1. The zero-order valence-corrected chi connectivity index (χ0v) is 10.7. The molecule has 0 aliphatic heterocycles. The van der Waals surface area contributed by atoms with Gasteiger partial charge < -0.3 is 11.1 Å². The molecule has 1 heterocycles. The second-order valence-corrected chi connectivity index (χ2v) is 4.30. The van der Waals surface area contributed by atoms with Gasteiger partial charge in [0.15, 0.2) is 5.15 Å². The number of nitrogens with two attached hydrogens (primary N) is 1. The zero-order valence-electron chi connectivity index (χ0n) is 9.15. The smallest absolute Gasteiger partial charge is 0.257 e. The highest BCUT2D eigenvalue weighted by Crippen LogP contribution is 2.22. The van der Waals surface area contributed by atoms with Gasteiger partial charge in [0, 0.05) is 11.9 Å². The molecule has 0 saturated carbocycles. The zero-order chi connectivity index (χ0) is 13.1. The van der Waals surface area contributed by atoms with E-state index in [0.717, 1.165) is 0 Å². The van der Waals surface area contributed by atoms with Gasteiger partial charge in [-0.2, -0.15) is 0 Å². The molecular formula is C12H9Cl2N3O. The summed E-state index contributed by atoms with van der Waals surface area (Å²) in [7, 11) is 0. The van der Waals surface area contributed by atoms with Gasteiger partial charge in [0.1, 0.15) is 0 Å². The van der Waals surface area contributed by atoms with Gasteiger partial charge >= 0.3 is 0 Å². The maximum atomic E-state index is 12.0. The lowest BCUT2D eigenvalue weighted by molar-refractivity contribution is 0.102. The molecule has 0 aliphatic carbocycles. The molecule has 3 N–H and O–H groups in total. The molecule has 1 aromatic heterocycles. The predicted molar refractivity (Wildman–Crippen MR) is 73.1 cm³/mol. The minimum Gasteiger partial charge on any atom is -0.399 e. The molecule has 4 nitrogen and oxygen atoms in total. The van der Waals surface area contributed by atoms with Crippen molar-refractivity contribution < 1.29 is 4.79 Å². The van der Waals surface area contributed by atoms with E-state index < -0.39 is 0 Å². The van der Waals surface area contributed by atoms with E-state index in [-0.39, 0.29) is 16.1 Å². The number of nitrogens with zero attached hydrogens (tertiary/aromatic N) is 1. The first-order chi connectivity index (χ1) is 8.58. The standard InChI is InChI=1S/C12H9Cl2N3O/c13-9-6-7(15)3-4-8(9)12(18)17-10-2-1-5-16-11(10)14/h1-6H,15H2,(H,17,18). The Kier molecular flexibility index (Phi) is 3.69. The van der Waals surface area contributed by atoms with Gasteiger partial charge in [0.05, 0.1) is 16.3 Å². The molecular weight excluding hydrogens is 273 g/mol. The van der Waals surface area contributed by atoms with E-state index in [2.05, 4.69) is 10.3 Å². The summed E-state index contributed by atoms with van der Waals surface area (Å²) in [5.41, 5.74) is 6.81. The van der Waals surface area contributed by atoms with Gasteiger partial charge in [-0.3, -0.25) is 4.79 Å². The number of rotatable bonds is 2. The third-order valence-electron chi connectivity index (χ3n) is 2.25. The van der Waals surface area contributed by atoms with Crippen molar-refractivity contribution in [2.24, 2.45) is 0 Å². The van der Waals surface area contributed by atoms with E-state index in [0.29, 0.717) is 16.9 Å². The second kappa shape index (κ2) is 5.25. The summed E-state index contributed by atoms with van der Waals surface area (Å²) in [6.07, 6.45) is 1.54. The van der Waals surface area contributed by atoms with Crippen LogP contribution in [0.2, 0.25) is 10.2 Å². The van der Waals surface area contributed by atoms with Crippen molar-refractivity contribution >= 4 is 40.5 Å². The number of hydrogen-bond acceptors (Lipinski definition) is 3. The normalized spacial score (nSPS) is 10.1. The molecule has 18 heavy (non-hydrogen) atoms. The highest BCUT2D eigenvalue weighted by atomic mass is 35.5. The number of aromatic nitrogens is 1. The van der Waals surface area contributed by atoms with Crippen LogP contribution in [0, 0.1) is 0 Å². The van der Waals surface area contributed by atoms with Crippen LogP contribution in [0.5, 0.6) is 0 Å². The molecule has 0 spiro atoms. The largest absolute Gasteiger partial charge is 0.399 e. The van der Waals surface area contributed by atoms with E-state index >= 15 is 0 Å². The van der Waals surface area contributed by atoms with Crippen molar-refractivity contribution in [1.82, 2.24) is 4.98 Å². The third kappa shape index (κ3) is 2.72. The molecule has 0 unspecified atom stereocenters. The monoisotopic (exact) mass is 281 g/mol. The van der Waals surface area contributed by atoms with Crippen molar-refractivity contribution in [3.8, 4) is 0 Å². The Labute approximate surface area is 114 Å². The van der Waals surface area contributed by atoms with Crippen LogP contribution < -0.4 is 11.1 Å². The molecule has 92 valence electrons. The molecule has 0 aliphatic rings. The van der Waals surface area contributed by atoms with E-state index in [4.69, 9.17) is 28.9 Å². The first kappa shape index (κ1) is 12.7. The highest BCUT2D eigenvalue weighted by molar-refractivity contribution is 6.35. The topological polar surface area (TPSA) is 68.0 Å².